The van der Waals surface area contributed by atoms with E-state index < -0.39 is 21.2 Å². The van der Waals surface area contributed by atoms with E-state index in [0.29, 0.717) is 22.0 Å². The lowest BCUT2D eigenvalue weighted by molar-refractivity contribution is -0.121. The Labute approximate surface area is 173 Å². The van der Waals surface area contributed by atoms with E-state index in [1.807, 2.05) is 24.3 Å². The molecular weight excluding hydrogens is 412 g/mol. The van der Waals surface area contributed by atoms with Crippen molar-refractivity contribution in [1.82, 2.24) is 4.98 Å². The number of halogens is 1. The number of fused-ring (bicyclic) bond motifs is 2. The topological polar surface area (TPSA) is 85.4 Å². The van der Waals surface area contributed by atoms with Crippen molar-refractivity contribution in [3.63, 3.8) is 0 Å². The average Bonchev–Trinajstić information content (AvgIpc) is 2.67. The number of carbonyl (C=O) groups is 1. The summed E-state index contributed by atoms with van der Waals surface area (Å²) in [6.45, 7) is 0.228. The molecule has 0 fully saturated rings. The number of aromatic nitrogens is 1. The normalized spacial score (nSPS) is 18.7. The molecule has 29 heavy (non-hydrogen) atoms. The van der Waals surface area contributed by atoms with Crippen molar-refractivity contribution < 1.29 is 17.9 Å². The number of nitrogens with zero attached hydrogens (tertiary/aromatic N) is 1. The van der Waals surface area contributed by atoms with Crippen LogP contribution in [0.3, 0.4) is 0 Å². The van der Waals surface area contributed by atoms with E-state index in [2.05, 4.69) is 10.3 Å². The van der Waals surface area contributed by atoms with Gasteiger partial charge in [0.05, 0.1) is 29.7 Å². The molecule has 0 saturated heterocycles. The van der Waals surface area contributed by atoms with Crippen LogP contribution in [0.15, 0.2) is 54.9 Å². The Morgan fingerprint density at radius 3 is 2.83 bits per heavy atom. The molecular formula is C21H19ClN2O4S. The van der Waals surface area contributed by atoms with Crippen molar-refractivity contribution in [2.45, 2.75) is 11.8 Å². The van der Waals surface area contributed by atoms with Crippen LogP contribution in [0.25, 0.3) is 10.8 Å². The van der Waals surface area contributed by atoms with Gasteiger partial charge in [0, 0.05) is 40.2 Å². The van der Waals surface area contributed by atoms with Crippen LogP contribution < -0.4 is 10.1 Å². The number of nitrogens with one attached hydrogen (secondary N) is 1. The van der Waals surface area contributed by atoms with E-state index in [-0.39, 0.29) is 18.8 Å². The highest BCUT2D eigenvalue weighted by atomic mass is 35.5. The van der Waals surface area contributed by atoms with Gasteiger partial charge in [0.25, 0.3) is 0 Å². The number of amides is 1. The quantitative estimate of drug-likeness (QED) is 0.683. The zero-order valence-electron chi connectivity index (χ0n) is 15.7. The molecule has 6 nitrogen and oxygen atoms in total. The van der Waals surface area contributed by atoms with Crippen molar-refractivity contribution in [3.05, 3.63) is 65.4 Å². The highest BCUT2D eigenvalue weighted by molar-refractivity contribution is 7.90. The highest BCUT2D eigenvalue weighted by Gasteiger charge is 2.47. The molecule has 1 amide bonds. The number of sulfone groups is 1. The molecule has 1 aromatic heterocycles. The van der Waals surface area contributed by atoms with Crippen molar-refractivity contribution in [2.75, 3.05) is 23.9 Å². The van der Waals surface area contributed by atoms with Gasteiger partial charge in [-0.1, -0.05) is 35.9 Å². The summed E-state index contributed by atoms with van der Waals surface area (Å²) in [5.74, 6) is -0.302. The molecule has 0 bridgehead atoms. The first-order valence-electron chi connectivity index (χ1n) is 9.03. The van der Waals surface area contributed by atoms with Crippen LogP contribution >= 0.6 is 11.6 Å². The molecule has 1 aliphatic heterocycles. The number of carbonyl (C=O) groups excluding carboxylic acids is 1. The molecule has 0 spiro atoms. The van der Waals surface area contributed by atoms with E-state index in [1.165, 1.54) is 0 Å². The SMILES string of the molecule is CS(=O)(=O)CC1(C(=O)Nc2cncc3ccccc23)CCOc2ccc(Cl)cc21. The lowest BCUT2D eigenvalue weighted by atomic mass is 9.76. The average molecular weight is 431 g/mol. The molecule has 1 aliphatic rings. The molecule has 150 valence electrons. The van der Waals surface area contributed by atoms with Crippen molar-refractivity contribution in [1.29, 1.82) is 0 Å². The van der Waals surface area contributed by atoms with Gasteiger partial charge in [-0.25, -0.2) is 8.42 Å². The molecule has 0 aliphatic carbocycles. The largest absolute Gasteiger partial charge is 0.493 e. The number of benzene rings is 2. The maximum absolute atomic E-state index is 13.6. The molecule has 2 aromatic carbocycles. The van der Waals surface area contributed by atoms with Crippen molar-refractivity contribution in [3.8, 4) is 5.75 Å². The number of rotatable bonds is 4. The number of hydrogen-bond donors (Lipinski definition) is 1. The molecule has 8 heteroatoms. The van der Waals surface area contributed by atoms with Crippen molar-refractivity contribution in [2.24, 2.45) is 0 Å². The summed E-state index contributed by atoms with van der Waals surface area (Å²) in [5.41, 5.74) is -0.313. The van der Waals surface area contributed by atoms with Gasteiger partial charge in [0.2, 0.25) is 5.91 Å². The Hall–Kier alpha value is -2.64. The predicted octanol–water partition coefficient (Wildman–Crippen LogP) is 3.59. The zero-order chi connectivity index (χ0) is 20.6. The second-order valence-corrected chi connectivity index (χ2v) is 9.83. The lowest BCUT2D eigenvalue weighted by Gasteiger charge is -2.37. The van der Waals surface area contributed by atoms with Gasteiger partial charge in [-0.2, -0.15) is 0 Å². The van der Waals surface area contributed by atoms with Crippen LogP contribution in [0.1, 0.15) is 12.0 Å². The van der Waals surface area contributed by atoms with Crippen LogP contribution in [-0.2, 0) is 20.0 Å². The first kappa shape index (κ1) is 19.7. The fourth-order valence-corrected chi connectivity index (χ4v) is 5.33. The number of hydrogen-bond acceptors (Lipinski definition) is 5. The number of ether oxygens (including phenoxy) is 1. The van der Waals surface area contributed by atoms with E-state index in [0.717, 1.165) is 17.0 Å². The summed E-state index contributed by atoms with van der Waals surface area (Å²) in [7, 11) is -3.49. The van der Waals surface area contributed by atoms with E-state index in [9.17, 15) is 13.2 Å². The standard InChI is InChI=1S/C21H19ClN2O4S/c1-29(26,27)13-21(8-9-28-19-7-6-15(22)10-17(19)21)20(25)24-18-12-23-11-14-4-2-3-5-16(14)18/h2-7,10-12H,8-9,13H2,1H3,(H,24,25). The third-order valence-electron chi connectivity index (χ3n) is 5.10. The van der Waals surface area contributed by atoms with Gasteiger partial charge < -0.3 is 10.1 Å². The maximum Gasteiger partial charge on any atom is 0.236 e. The van der Waals surface area contributed by atoms with E-state index >= 15 is 0 Å². The second-order valence-electron chi connectivity index (χ2n) is 7.25. The Bertz CT molecular complexity index is 1210. The Kier molecular flexibility index (Phi) is 4.96. The van der Waals surface area contributed by atoms with Crippen LogP contribution in [0.4, 0.5) is 5.69 Å². The fourth-order valence-electron chi connectivity index (χ4n) is 3.83. The fraction of sp³-hybridized carbons (Fsp3) is 0.238. The third kappa shape index (κ3) is 3.80. The minimum Gasteiger partial charge on any atom is -0.493 e. The molecule has 1 atom stereocenters. The van der Waals surface area contributed by atoms with Crippen LogP contribution in [0.5, 0.6) is 5.75 Å². The predicted molar refractivity (Wildman–Crippen MR) is 113 cm³/mol. The second kappa shape index (κ2) is 7.31. The molecule has 1 unspecified atom stereocenters. The Morgan fingerprint density at radius 1 is 1.24 bits per heavy atom. The monoisotopic (exact) mass is 430 g/mol. The number of anilines is 1. The summed E-state index contributed by atoms with van der Waals surface area (Å²) in [5, 5.41) is 5.02. The first-order chi connectivity index (χ1) is 13.8. The van der Waals surface area contributed by atoms with Gasteiger partial charge in [-0.05, 0) is 18.2 Å². The van der Waals surface area contributed by atoms with Gasteiger partial charge in [-0.15, -0.1) is 0 Å². The number of pyridine rings is 1. The molecule has 4 rings (SSSR count). The summed E-state index contributed by atoms with van der Waals surface area (Å²) in [6, 6.07) is 12.5. The first-order valence-corrected chi connectivity index (χ1v) is 11.5. The smallest absolute Gasteiger partial charge is 0.236 e. The molecule has 3 aromatic rings. The van der Waals surface area contributed by atoms with Crippen molar-refractivity contribution >= 4 is 43.8 Å². The van der Waals surface area contributed by atoms with Gasteiger partial charge in [-0.3, -0.25) is 9.78 Å². The Morgan fingerprint density at radius 2 is 2.03 bits per heavy atom. The summed E-state index contributed by atoms with van der Waals surface area (Å²) < 4.78 is 30.3. The minimum absolute atomic E-state index is 0.220. The summed E-state index contributed by atoms with van der Waals surface area (Å²) in [6.07, 6.45) is 4.62. The molecule has 0 radical (unpaired) electrons. The van der Waals surface area contributed by atoms with E-state index in [1.54, 1.807) is 30.6 Å². The van der Waals surface area contributed by atoms with Gasteiger partial charge in [0.1, 0.15) is 15.6 Å². The third-order valence-corrected chi connectivity index (χ3v) is 6.36. The van der Waals surface area contributed by atoms with Crippen LogP contribution in [-0.4, -0.2) is 37.9 Å². The Balaban J connectivity index is 1.83. The summed E-state index contributed by atoms with van der Waals surface area (Å²) >= 11 is 6.17. The minimum atomic E-state index is -3.49. The van der Waals surface area contributed by atoms with Gasteiger partial charge >= 0.3 is 0 Å². The molecule has 2 heterocycles. The maximum atomic E-state index is 13.6. The van der Waals surface area contributed by atoms with E-state index in [4.69, 9.17) is 16.3 Å². The highest BCUT2D eigenvalue weighted by Crippen LogP contribution is 2.42. The molecule has 1 N–H and O–H groups in total. The van der Waals surface area contributed by atoms with Crippen LogP contribution in [0.2, 0.25) is 5.02 Å². The zero-order valence-corrected chi connectivity index (χ0v) is 17.3. The van der Waals surface area contributed by atoms with Crippen LogP contribution in [0, 0.1) is 0 Å². The molecule has 0 saturated carbocycles. The summed E-state index contributed by atoms with van der Waals surface area (Å²) in [4.78, 5) is 17.8. The van der Waals surface area contributed by atoms with Gasteiger partial charge in [0.15, 0.2) is 0 Å². The lowest BCUT2D eigenvalue weighted by Crippen LogP contribution is -2.48.